The average Bonchev–Trinajstić information content (AvgIpc) is 1.62. The summed E-state index contributed by atoms with van der Waals surface area (Å²) in [7, 11) is 0. The zero-order valence-corrected chi connectivity index (χ0v) is 79.3. The first-order valence-electron chi connectivity index (χ1n) is 38.9. The van der Waals surface area contributed by atoms with Gasteiger partial charge in [-0.1, -0.05) is 36.7 Å². The summed E-state index contributed by atoms with van der Waals surface area (Å²) >= 11 is 46.2. The zero-order valence-electron chi connectivity index (χ0n) is 66.3. The highest BCUT2D eigenvalue weighted by Gasteiger charge is 2.55. The first-order chi connectivity index (χ1) is 62.2. The van der Waals surface area contributed by atoms with E-state index in [-0.39, 0.29) is 96.3 Å². The van der Waals surface area contributed by atoms with E-state index in [1.807, 2.05) is 16.8 Å². The Kier molecular flexibility index (Phi) is 26.2. The minimum atomic E-state index is -4.30. The molecule has 702 valence electrons. The molecule has 12 aromatic heterocycles. The number of anilines is 6. The lowest BCUT2D eigenvalue weighted by Crippen LogP contribution is -2.34. The molecule has 131 heavy (non-hydrogen) atoms. The first kappa shape index (κ1) is 93.8. The number of halogens is 2. The smallest absolute Gasteiger partial charge is 0.325 e. The molecule has 9 aliphatic rings. The largest absolute Gasteiger partial charge is 0.398 e. The van der Waals surface area contributed by atoms with Crippen molar-refractivity contribution in [2.75, 3.05) is 74.0 Å². The predicted octanol–water partition coefficient (Wildman–Crippen LogP) is 4.98. The van der Waals surface area contributed by atoms with Crippen molar-refractivity contribution in [3.8, 4) is 0 Å². The number of hydrogen-bond acceptors (Lipinski definition) is 44. The van der Waals surface area contributed by atoms with Gasteiger partial charge in [-0.15, -0.1) is 0 Å². The van der Waals surface area contributed by atoms with Gasteiger partial charge in [-0.25, -0.2) is 48.7 Å². The number of rotatable bonds is 6. The minimum absolute atomic E-state index is 0.00217. The summed E-state index contributed by atoms with van der Waals surface area (Å²) in [5, 5.41) is 0.783. The second-order valence-corrected chi connectivity index (χ2v) is 54.5. The lowest BCUT2D eigenvalue weighted by Gasteiger charge is -2.28. The molecule has 6 unspecified atom stereocenters. The Labute approximate surface area is 778 Å². The topological polar surface area (TPSA) is 653 Å². The Hall–Kier alpha value is -6.25. The monoisotopic (exact) mass is 2100 g/mol. The number of H-pyrrole nitrogens is 3. The molecule has 67 heteroatoms. The third-order valence-corrected chi connectivity index (χ3v) is 33.3. The number of thiol groups is 3. The van der Waals surface area contributed by atoms with Crippen molar-refractivity contribution in [1.82, 2.24) is 97.2 Å². The van der Waals surface area contributed by atoms with Gasteiger partial charge in [0, 0.05) is 61.5 Å². The van der Waals surface area contributed by atoms with Crippen LogP contribution >= 0.6 is 74.0 Å². The van der Waals surface area contributed by atoms with Crippen molar-refractivity contribution < 1.29 is 106 Å². The Balaban J connectivity index is 0.000000127. The van der Waals surface area contributed by atoms with Gasteiger partial charge >= 0.3 is 20.2 Å². The SMILES string of the molecule is Nc1nc2c(ncn2[C@@H]2O[C@@H]3COP(=S)(S)O[C@H]4C[C@H](n5ccc6c(N)ccnc65)O[C@@H]4COP(O)(=S)O[C@@H]2C3)c(=O)[nH]1.Nc1nc2c(ncn2[C@@H]2O[C@@H]3COP(=S)(S)O[C@H]4C[C@H](n5cnc6c(N)ccnc65)O[C@@H]4COP(O)(=S)O[C@@H]2C3)c(=O)[nH]1.Nc1nc2c(ncn2[C@@H]2O[C@@H]3COP(=S)(S)O[C@H]4[C@H](F)[C@H](n5cnc6c(N)ccnc65)O[C@@H]4COP(O)(=S)O[C@@H]2[C@@H]3F)c(=O)[nH]1. The van der Waals surface area contributed by atoms with E-state index < -0.39 is 190 Å². The fraction of sp³-hybridized carbons (Fsp3) is 0.469. The lowest BCUT2D eigenvalue weighted by atomic mass is 10.1. The summed E-state index contributed by atoms with van der Waals surface area (Å²) in [6, 6.07) is 6.78. The van der Waals surface area contributed by atoms with Gasteiger partial charge in [-0.3, -0.25) is 56.7 Å². The highest BCUT2D eigenvalue weighted by molar-refractivity contribution is 8.60. The number of hydrogen-bond donors (Lipinski definition) is 15. The Morgan fingerprint density at radius 1 is 0.366 bits per heavy atom. The Morgan fingerprint density at radius 2 is 0.756 bits per heavy atom. The zero-order chi connectivity index (χ0) is 92.0. The van der Waals surface area contributed by atoms with Crippen molar-refractivity contribution >= 4 is 247 Å². The molecule has 0 radical (unpaired) electrons. The number of nitrogens with one attached hydrogen (secondary N) is 3. The van der Waals surface area contributed by atoms with Gasteiger partial charge in [0.25, 0.3) is 16.7 Å². The van der Waals surface area contributed by atoms with Gasteiger partial charge in [0.15, 0.2) is 82.0 Å². The van der Waals surface area contributed by atoms with Crippen LogP contribution in [0.2, 0.25) is 0 Å². The van der Waals surface area contributed by atoms with E-state index in [1.54, 1.807) is 41.5 Å². The summed E-state index contributed by atoms with van der Waals surface area (Å²) in [6.45, 7) is -13.5. The van der Waals surface area contributed by atoms with Crippen LogP contribution in [-0.4, -0.2) is 237 Å². The molecular weight excluding hydrogens is 2030 g/mol. The van der Waals surface area contributed by atoms with Crippen LogP contribution in [0.1, 0.15) is 63.1 Å². The standard InChI is InChI=1S/C22H26N8O8P2S3.C21H23F2N9O8P2S3.C21H25N9O8P2S3/c23-12-1-3-25-18-11(12)2-4-29(18)16-6-13-15(36-16)8-33-39(32,41)37-14-5-10(7-34-40(42,43)38-13)35-21(14)30-9-26-17-19(30)27-22(24)28-20(17)31;22-10-8-3-36-42(44,45)40-14-9(38-19(11(14)23)31-5-27-12-7(24)1-2-26-16(12)31)4-35-41(34,43)39-15(10)20(37-8)32-6-28-13-17(32)29-21(25)30-18(13)33;22-10-1-2-24-17-15(10)25-7-29(17)14-4-11-13(36-14)6-33-39(32,41)37-12-3-9(5-34-40(42,43)38-11)35-20(12)30-8-26-16-18(30)27-21(23)28-19(16)31/h1-4,9-10,13-16,21H,5-8H2,(H2,23,25)(H,32,41)(H,42,43)(H3,24,27,28,31);1-2,5-6,8-11,14-15,19-20H,3-4H2,(H2,24,26)(H,34,43)(H,44,45)(H3,25,29,30,33);1-2,7-9,11-14,20H,3-6H2,(H2,22,24)(H,32,41)(H,42,43)(H3,23,27,28,31)/t10-,13-,14+,15+,16+,21+,39?;8-,9-,10-,11+,14-,15-,19-,20-,41?;9-,11-,12+,13+,14+,20+,39?/m010/s1. The van der Waals surface area contributed by atoms with Crippen molar-refractivity contribution in [2.24, 2.45) is 0 Å². The summed E-state index contributed by atoms with van der Waals surface area (Å²) < 4.78 is 149. The van der Waals surface area contributed by atoms with Crippen LogP contribution < -0.4 is 51.1 Å². The van der Waals surface area contributed by atoms with Crippen molar-refractivity contribution in [3.63, 3.8) is 0 Å². The van der Waals surface area contributed by atoms with Crippen LogP contribution in [0.3, 0.4) is 0 Å². The number of fused-ring (bicyclic) bond motifs is 15. The van der Waals surface area contributed by atoms with Gasteiger partial charge in [0.1, 0.15) is 78.0 Å². The quantitative estimate of drug-likeness (QED) is 0.0771. The van der Waals surface area contributed by atoms with Gasteiger partial charge in [-0.05, 0) is 95.1 Å². The van der Waals surface area contributed by atoms with Gasteiger partial charge in [-0.2, -0.15) is 15.0 Å². The molecule has 0 aliphatic carbocycles. The van der Waals surface area contributed by atoms with Crippen LogP contribution in [0.15, 0.2) is 95.1 Å². The molecule has 26 atom stereocenters. The first-order valence-corrected chi connectivity index (χ1v) is 58.1. The Morgan fingerprint density at radius 3 is 1.25 bits per heavy atom. The van der Waals surface area contributed by atoms with Crippen LogP contribution in [0.4, 0.5) is 43.7 Å². The highest BCUT2D eigenvalue weighted by atomic mass is 32.9. The molecular formula is C64H74F2N26O24P6S9. The van der Waals surface area contributed by atoms with E-state index in [1.165, 1.54) is 49.8 Å². The molecule has 9 saturated heterocycles. The van der Waals surface area contributed by atoms with Gasteiger partial charge in [0.05, 0.1) is 107 Å². The van der Waals surface area contributed by atoms with Gasteiger partial charge in [0.2, 0.25) is 34.9 Å². The second kappa shape index (κ2) is 36.6. The average molecular weight is 2100 g/mol. The van der Waals surface area contributed by atoms with Crippen molar-refractivity contribution in [2.45, 2.75) is 149 Å². The maximum Gasteiger partial charge on any atom is 0.325 e. The van der Waals surface area contributed by atoms with E-state index in [4.69, 9.17) is 188 Å². The maximum absolute atomic E-state index is 16.1. The summed E-state index contributed by atoms with van der Waals surface area (Å²) in [5.41, 5.74) is 27.7. The number of nitrogens with two attached hydrogens (primary N) is 6. The molecule has 0 saturated carbocycles. The molecule has 12 aromatic rings. The number of ether oxygens (including phenoxy) is 6. The summed E-state index contributed by atoms with van der Waals surface area (Å²) in [6.07, 6.45) is -6.33. The maximum atomic E-state index is 16.1. The number of nitrogens with zero attached hydrogens (tertiary/aromatic N) is 17. The number of aromatic nitrogens is 20. The molecule has 6 bridgehead atoms. The molecule has 9 aliphatic heterocycles. The van der Waals surface area contributed by atoms with E-state index in [9.17, 15) is 29.1 Å². The molecule has 0 amide bonds. The number of aromatic amines is 3. The van der Waals surface area contributed by atoms with E-state index in [0.29, 0.717) is 52.2 Å². The predicted molar refractivity (Wildman–Crippen MR) is 492 cm³/mol. The van der Waals surface area contributed by atoms with E-state index in [0.717, 1.165) is 5.39 Å². The molecule has 50 nitrogen and oxygen atoms in total. The third-order valence-electron chi connectivity index (χ3n) is 21.9. The van der Waals surface area contributed by atoms with Crippen LogP contribution in [-0.2, 0) is 154 Å². The van der Waals surface area contributed by atoms with Crippen LogP contribution in [0.5, 0.6) is 0 Å². The van der Waals surface area contributed by atoms with Crippen molar-refractivity contribution in [1.29, 1.82) is 0 Å². The molecule has 0 spiro atoms. The van der Waals surface area contributed by atoms with E-state index in [2.05, 4.69) is 107 Å². The highest BCUT2D eigenvalue weighted by Crippen LogP contribution is 2.63. The van der Waals surface area contributed by atoms with Gasteiger partial charge < -0.3 is 132 Å². The molecule has 0 aromatic carbocycles. The summed E-state index contributed by atoms with van der Waals surface area (Å²) in [5.74, 6) is -0.435. The lowest BCUT2D eigenvalue weighted by molar-refractivity contribution is -0.0568. The Bertz CT molecular complexity index is 6710. The number of alkyl halides is 2. The number of nitrogen functional groups attached to an aromatic ring is 6. The number of pyridine rings is 3. The second-order valence-electron chi connectivity index (χ2n) is 30.5. The van der Waals surface area contributed by atoms with Crippen molar-refractivity contribution in [3.05, 3.63) is 112 Å². The summed E-state index contributed by atoms with van der Waals surface area (Å²) in [4.78, 5) is 124. The number of imidazole rings is 5. The molecule has 9 fully saturated rings. The van der Waals surface area contributed by atoms with Crippen LogP contribution in [0.25, 0.3) is 66.9 Å². The fourth-order valence-electron chi connectivity index (χ4n) is 16.1. The van der Waals surface area contributed by atoms with Crippen LogP contribution in [0, 0.1) is 0 Å². The molecule has 21 heterocycles. The molecule has 18 N–H and O–H groups in total. The minimum Gasteiger partial charge on any atom is -0.398 e. The molecule has 21 rings (SSSR count). The van der Waals surface area contributed by atoms with E-state index >= 15 is 8.78 Å². The fourth-order valence-corrected chi connectivity index (χ4v) is 26.5. The third kappa shape index (κ3) is 19.4. The normalized spacial score (nSPS) is 36.2.